The molecule has 2 rings (SSSR count). The van der Waals surface area contributed by atoms with E-state index in [1.54, 1.807) is 0 Å². The lowest BCUT2D eigenvalue weighted by atomic mass is 9.92. The smallest absolute Gasteiger partial charge is 0.0947 e. The van der Waals surface area contributed by atoms with Crippen molar-refractivity contribution in [2.75, 3.05) is 13.1 Å². The molecule has 0 bridgehead atoms. The molecular weight excluding hydrogens is 210 g/mol. The van der Waals surface area contributed by atoms with E-state index in [2.05, 4.69) is 18.7 Å². The van der Waals surface area contributed by atoms with E-state index in [0.717, 1.165) is 18.7 Å². The van der Waals surface area contributed by atoms with E-state index in [9.17, 15) is 5.11 Å². The van der Waals surface area contributed by atoms with Crippen molar-refractivity contribution in [1.29, 1.82) is 0 Å². The Hall–Kier alpha value is -0.860. The number of rotatable bonds is 4. The second-order valence-corrected chi connectivity index (χ2v) is 5.33. The predicted octanol–water partition coefficient (Wildman–Crippen LogP) is 2.84. The van der Waals surface area contributed by atoms with Crippen molar-refractivity contribution < 1.29 is 5.11 Å². The summed E-state index contributed by atoms with van der Waals surface area (Å²) in [6.07, 6.45) is 2.17. The van der Waals surface area contributed by atoms with Gasteiger partial charge in [0.1, 0.15) is 0 Å². The summed E-state index contributed by atoms with van der Waals surface area (Å²) < 4.78 is 0. The number of aliphatic hydroxyl groups excluding tert-OH is 1. The Kier molecular flexibility index (Phi) is 4.19. The molecule has 1 heterocycles. The van der Waals surface area contributed by atoms with Crippen LogP contribution < -0.4 is 0 Å². The van der Waals surface area contributed by atoms with E-state index < -0.39 is 0 Å². The molecule has 2 nitrogen and oxygen atoms in total. The van der Waals surface area contributed by atoms with Gasteiger partial charge < -0.3 is 5.11 Å². The largest absolute Gasteiger partial charge is 0.387 e. The van der Waals surface area contributed by atoms with Gasteiger partial charge in [0, 0.05) is 6.04 Å². The monoisotopic (exact) mass is 233 g/mol. The number of nitrogens with zero attached hydrogens (tertiary/aromatic N) is 1. The first-order chi connectivity index (χ1) is 8.20. The molecule has 0 radical (unpaired) electrons. The molecule has 0 spiro atoms. The zero-order valence-corrected chi connectivity index (χ0v) is 10.8. The number of benzene rings is 1. The fourth-order valence-corrected chi connectivity index (χ4v) is 2.87. The summed E-state index contributed by atoms with van der Waals surface area (Å²) in [5.74, 6) is 0.475. The van der Waals surface area contributed by atoms with Gasteiger partial charge in [0.15, 0.2) is 0 Å². The Morgan fingerprint density at radius 1 is 1.06 bits per heavy atom. The van der Waals surface area contributed by atoms with Gasteiger partial charge in [-0.05, 0) is 37.4 Å². The first-order valence-electron chi connectivity index (χ1n) is 6.67. The molecule has 94 valence electrons. The van der Waals surface area contributed by atoms with Gasteiger partial charge in [-0.1, -0.05) is 44.2 Å². The summed E-state index contributed by atoms with van der Waals surface area (Å²) >= 11 is 0. The van der Waals surface area contributed by atoms with Crippen molar-refractivity contribution >= 4 is 0 Å². The minimum absolute atomic E-state index is 0.250. The van der Waals surface area contributed by atoms with Crippen molar-refractivity contribution in [3.63, 3.8) is 0 Å². The topological polar surface area (TPSA) is 23.5 Å². The highest BCUT2D eigenvalue weighted by molar-refractivity contribution is 5.19. The molecule has 2 heteroatoms. The zero-order chi connectivity index (χ0) is 12.3. The molecular formula is C15H23NO. The first-order valence-corrected chi connectivity index (χ1v) is 6.67. The summed E-state index contributed by atoms with van der Waals surface area (Å²) in [4.78, 5) is 2.45. The highest BCUT2D eigenvalue weighted by atomic mass is 16.3. The normalized spacial score (nSPS) is 20.7. The van der Waals surface area contributed by atoms with E-state index in [1.165, 1.54) is 12.8 Å². The molecule has 0 aromatic heterocycles. The lowest BCUT2D eigenvalue weighted by molar-refractivity contribution is 0.0352. The summed E-state index contributed by atoms with van der Waals surface area (Å²) in [7, 11) is 0. The maximum Gasteiger partial charge on any atom is 0.0947 e. The molecule has 1 aliphatic heterocycles. The maximum atomic E-state index is 10.6. The molecule has 1 saturated heterocycles. The first kappa shape index (κ1) is 12.6. The Morgan fingerprint density at radius 3 is 2.18 bits per heavy atom. The predicted molar refractivity (Wildman–Crippen MR) is 70.8 cm³/mol. The van der Waals surface area contributed by atoms with Crippen molar-refractivity contribution in [2.45, 2.75) is 38.8 Å². The molecule has 17 heavy (non-hydrogen) atoms. The minimum atomic E-state index is -0.366. The number of hydrogen-bond acceptors (Lipinski definition) is 2. The van der Waals surface area contributed by atoms with Crippen molar-refractivity contribution in [1.82, 2.24) is 4.90 Å². The molecule has 1 N–H and O–H groups in total. The molecule has 2 unspecified atom stereocenters. The molecule has 0 amide bonds. The molecule has 0 saturated carbocycles. The van der Waals surface area contributed by atoms with Gasteiger partial charge in [0.05, 0.1) is 6.10 Å². The van der Waals surface area contributed by atoms with Gasteiger partial charge in [-0.25, -0.2) is 0 Å². The Morgan fingerprint density at radius 2 is 1.65 bits per heavy atom. The average molecular weight is 233 g/mol. The average Bonchev–Trinajstić information content (AvgIpc) is 2.83. The highest BCUT2D eigenvalue weighted by Crippen LogP contribution is 2.28. The van der Waals surface area contributed by atoms with Gasteiger partial charge in [-0.3, -0.25) is 4.90 Å². The lowest BCUT2D eigenvalue weighted by Gasteiger charge is -2.34. The molecule has 1 aliphatic rings. The van der Waals surface area contributed by atoms with Gasteiger partial charge >= 0.3 is 0 Å². The standard InChI is InChI=1S/C15H23NO/c1-12(2)14(16-10-6-7-11-16)15(17)13-8-4-3-5-9-13/h3-5,8-9,12,14-15,17H,6-7,10-11H2,1-2H3. The molecule has 1 aromatic rings. The third-order valence-corrected chi connectivity index (χ3v) is 3.71. The van der Waals surface area contributed by atoms with Crippen molar-refractivity contribution in [2.24, 2.45) is 5.92 Å². The third-order valence-electron chi connectivity index (χ3n) is 3.71. The Bertz CT molecular complexity index is 330. The summed E-state index contributed by atoms with van der Waals surface area (Å²) in [5.41, 5.74) is 1.04. The SMILES string of the molecule is CC(C)C(C(O)c1ccccc1)N1CCCC1. The van der Waals surface area contributed by atoms with Crippen LogP contribution in [0.4, 0.5) is 0 Å². The fourth-order valence-electron chi connectivity index (χ4n) is 2.87. The molecule has 1 aromatic carbocycles. The molecule has 0 aliphatic carbocycles. The number of aliphatic hydroxyl groups is 1. The quantitative estimate of drug-likeness (QED) is 0.864. The molecule has 2 atom stereocenters. The van der Waals surface area contributed by atoms with Crippen LogP contribution in [0.5, 0.6) is 0 Å². The zero-order valence-electron chi connectivity index (χ0n) is 10.8. The number of hydrogen-bond donors (Lipinski definition) is 1. The van der Waals surface area contributed by atoms with Crippen LogP contribution in [0.2, 0.25) is 0 Å². The van der Waals surface area contributed by atoms with E-state index in [-0.39, 0.29) is 12.1 Å². The van der Waals surface area contributed by atoms with Crippen LogP contribution in [0.3, 0.4) is 0 Å². The summed E-state index contributed by atoms with van der Waals surface area (Å²) in [5, 5.41) is 10.6. The number of likely N-dealkylation sites (tertiary alicyclic amines) is 1. The summed E-state index contributed by atoms with van der Waals surface area (Å²) in [6.45, 7) is 6.67. The van der Waals surface area contributed by atoms with E-state index >= 15 is 0 Å². The minimum Gasteiger partial charge on any atom is -0.387 e. The lowest BCUT2D eigenvalue weighted by Crippen LogP contribution is -2.41. The van der Waals surface area contributed by atoms with Crippen LogP contribution in [-0.2, 0) is 0 Å². The third kappa shape index (κ3) is 2.88. The van der Waals surface area contributed by atoms with Crippen LogP contribution in [0.15, 0.2) is 30.3 Å². The maximum absolute atomic E-state index is 10.6. The molecule has 1 fully saturated rings. The van der Waals surface area contributed by atoms with E-state index in [0.29, 0.717) is 5.92 Å². The van der Waals surface area contributed by atoms with Crippen LogP contribution >= 0.6 is 0 Å². The highest BCUT2D eigenvalue weighted by Gasteiger charge is 2.31. The van der Waals surface area contributed by atoms with Gasteiger partial charge in [-0.15, -0.1) is 0 Å². The Labute approximate surface area is 104 Å². The van der Waals surface area contributed by atoms with Crippen molar-refractivity contribution in [3.05, 3.63) is 35.9 Å². The van der Waals surface area contributed by atoms with Gasteiger partial charge in [-0.2, -0.15) is 0 Å². The second kappa shape index (κ2) is 5.65. The van der Waals surface area contributed by atoms with Gasteiger partial charge in [0.2, 0.25) is 0 Å². The van der Waals surface area contributed by atoms with E-state index in [1.807, 2.05) is 30.3 Å². The van der Waals surface area contributed by atoms with Crippen LogP contribution in [0.1, 0.15) is 38.4 Å². The van der Waals surface area contributed by atoms with Crippen LogP contribution in [0.25, 0.3) is 0 Å². The van der Waals surface area contributed by atoms with Crippen molar-refractivity contribution in [3.8, 4) is 0 Å². The summed E-state index contributed by atoms with van der Waals surface area (Å²) in [6, 6.07) is 10.3. The van der Waals surface area contributed by atoms with Crippen LogP contribution in [-0.4, -0.2) is 29.1 Å². The second-order valence-electron chi connectivity index (χ2n) is 5.33. The fraction of sp³-hybridized carbons (Fsp3) is 0.600. The van der Waals surface area contributed by atoms with Gasteiger partial charge in [0.25, 0.3) is 0 Å². The Balaban J connectivity index is 2.15. The van der Waals surface area contributed by atoms with E-state index in [4.69, 9.17) is 0 Å². The van der Waals surface area contributed by atoms with Crippen LogP contribution in [0, 0.1) is 5.92 Å².